The number of nitrogens with zero attached hydrogens (tertiary/aromatic N) is 3. The normalized spacial score (nSPS) is 26.2. The van der Waals surface area contributed by atoms with Crippen LogP contribution in [0.3, 0.4) is 0 Å². The third kappa shape index (κ3) is 6.89. The van der Waals surface area contributed by atoms with E-state index >= 15 is 0 Å². The van der Waals surface area contributed by atoms with E-state index < -0.39 is 73.0 Å². The highest BCUT2D eigenvalue weighted by molar-refractivity contribution is 7.52. The Hall–Kier alpha value is -4.04. The monoisotopic (exact) mass is 701 g/mol. The van der Waals surface area contributed by atoms with E-state index in [0.717, 1.165) is 6.42 Å². The number of nitrogens with one attached hydrogen (secondary N) is 1. The van der Waals surface area contributed by atoms with Crippen molar-refractivity contribution in [2.24, 2.45) is 11.8 Å². The van der Waals surface area contributed by atoms with Gasteiger partial charge in [0.05, 0.1) is 24.1 Å². The number of esters is 3. The first-order valence-electron chi connectivity index (χ1n) is 16.3. The molecule has 0 amide bonds. The van der Waals surface area contributed by atoms with Crippen LogP contribution in [0.2, 0.25) is 0 Å². The number of anilines is 1. The minimum Gasteiger partial charge on any atom is -0.465 e. The van der Waals surface area contributed by atoms with Gasteiger partial charge in [-0.2, -0.15) is 10.2 Å². The summed E-state index contributed by atoms with van der Waals surface area (Å²) in [5, 5.41) is 7.00. The Balaban J connectivity index is 1.57. The second-order valence-corrected chi connectivity index (χ2v) is 14.6. The fourth-order valence-corrected chi connectivity index (χ4v) is 7.51. The lowest BCUT2D eigenvalue weighted by molar-refractivity contribution is -0.181. The van der Waals surface area contributed by atoms with Crippen molar-refractivity contribution in [3.05, 3.63) is 54.5 Å². The number of hydrogen-bond acceptors (Lipinski definition) is 13. The summed E-state index contributed by atoms with van der Waals surface area (Å²) in [4.78, 5) is 43.5. The van der Waals surface area contributed by atoms with E-state index in [4.69, 9.17) is 33.7 Å². The first kappa shape index (κ1) is 36.2. The molecule has 1 saturated carbocycles. The van der Waals surface area contributed by atoms with Gasteiger partial charge in [0.1, 0.15) is 41.4 Å². The maximum Gasteiger partial charge on any atom is 0.459 e. The molecule has 3 aromatic rings. The number of aromatic nitrogens is 3. The van der Waals surface area contributed by atoms with Crippen LogP contribution < -0.4 is 15.3 Å². The molecule has 1 unspecified atom stereocenters. The SMILES string of the molecule is CCCCOC(=O)[C@H](C)N[P@@](=O)(Oc1ccccc1)OC1[C@@]2(C)O[C@@H](c3ccc4c(N)ncnn34)[C@H](OC(=O)C(C)C)[C@@]12OC(=O)C(C)C. The van der Waals surface area contributed by atoms with Gasteiger partial charge in [0.2, 0.25) is 5.60 Å². The lowest BCUT2D eigenvalue weighted by Gasteiger charge is -2.31. The second kappa shape index (κ2) is 14.1. The van der Waals surface area contributed by atoms with E-state index in [2.05, 4.69) is 15.2 Å². The second-order valence-electron chi connectivity index (χ2n) is 13.0. The van der Waals surface area contributed by atoms with Crippen LogP contribution in [0.4, 0.5) is 5.82 Å². The largest absolute Gasteiger partial charge is 0.465 e. The number of carbonyl (C=O) groups is 3. The molecule has 0 bridgehead atoms. The standard InChI is InChI=1S/C33H44N5O10P/c1-8-9-17-43-30(41)21(6)37-49(42,47-22-13-11-10-12-14-22)48-31-32(7)33(31,46-29(40)20(4)5)26(44-28(39)19(2)3)25(45-32)23-15-16-24-27(34)35-18-36-38(23)24/h10-16,18-21,25-26,31H,8-9,17H2,1-7H3,(H,37,42)(H2,34,35,36)/t21-,25-,26-,31?,32+,33+,49+/m0/s1. The van der Waals surface area contributed by atoms with E-state index in [0.29, 0.717) is 17.6 Å². The quantitative estimate of drug-likeness (QED) is 0.0970. The molecule has 1 aliphatic carbocycles. The Morgan fingerprint density at radius 1 is 1.04 bits per heavy atom. The van der Waals surface area contributed by atoms with E-state index in [9.17, 15) is 18.9 Å². The zero-order valence-electron chi connectivity index (χ0n) is 28.7. The maximum atomic E-state index is 14.7. The van der Waals surface area contributed by atoms with Crippen LogP contribution in [0.15, 0.2) is 48.8 Å². The van der Waals surface area contributed by atoms with Crippen LogP contribution in [0.1, 0.15) is 73.1 Å². The molecule has 0 spiro atoms. The molecule has 7 atom stereocenters. The molecule has 2 aliphatic rings. The molecule has 5 rings (SSSR count). The molecule has 1 aliphatic heterocycles. The lowest BCUT2D eigenvalue weighted by atomic mass is 10.0. The zero-order valence-corrected chi connectivity index (χ0v) is 29.5. The first-order chi connectivity index (χ1) is 23.2. The van der Waals surface area contributed by atoms with E-state index in [1.165, 1.54) is 17.8 Å². The number of unbranched alkanes of at least 4 members (excludes halogenated alkanes) is 1. The molecule has 0 radical (unpaired) electrons. The fourth-order valence-electron chi connectivity index (χ4n) is 5.74. The molecule has 3 N–H and O–H groups in total. The van der Waals surface area contributed by atoms with Gasteiger partial charge in [-0.25, -0.2) is 14.1 Å². The molecule has 266 valence electrons. The minimum atomic E-state index is -4.50. The van der Waals surface area contributed by atoms with Crippen molar-refractivity contribution >= 4 is 37.0 Å². The lowest BCUT2D eigenvalue weighted by Crippen LogP contribution is -2.45. The molecule has 1 saturated heterocycles. The number of fused-ring (bicyclic) bond motifs is 2. The molecule has 2 aromatic heterocycles. The van der Waals surface area contributed by atoms with Gasteiger partial charge < -0.3 is 29.2 Å². The van der Waals surface area contributed by atoms with Gasteiger partial charge in [0.15, 0.2) is 11.9 Å². The molecular weight excluding hydrogens is 657 g/mol. The third-order valence-electron chi connectivity index (χ3n) is 8.57. The van der Waals surface area contributed by atoms with Crippen LogP contribution in [0.5, 0.6) is 5.75 Å². The molecular formula is C33H44N5O10P. The summed E-state index contributed by atoms with van der Waals surface area (Å²) in [5.41, 5.74) is 3.66. The Labute approximate surface area is 284 Å². The van der Waals surface area contributed by atoms with Crippen molar-refractivity contribution in [3.8, 4) is 5.75 Å². The predicted molar refractivity (Wildman–Crippen MR) is 176 cm³/mol. The Kier molecular flexibility index (Phi) is 10.4. The summed E-state index contributed by atoms with van der Waals surface area (Å²) < 4.78 is 52.6. The number of benzene rings is 1. The molecule has 2 fully saturated rings. The van der Waals surface area contributed by atoms with Crippen LogP contribution >= 0.6 is 7.75 Å². The predicted octanol–water partition coefficient (Wildman–Crippen LogP) is 4.55. The van der Waals surface area contributed by atoms with Crippen LogP contribution in [-0.2, 0) is 42.4 Å². The van der Waals surface area contributed by atoms with E-state index in [1.54, 1.807) is 77.1 Å². The van der Waals surface area contributed by atoms with Crippen LogP contribution in [0.25, 0.3) is 5.52 Å². The van der Waals surface area contributed by atoms with Gasteiger partial charge in [-0.3, -0.25) is 18.9 Å². The molecule has 1 aromatic carbocycles. The average Bonchev–Trinajstić information content (AvgIpc) is 3.31. The minimum absolute atomic E-state index is 0.174. The highest BCUT2D eigenvalue weighted by atomic mass is 31.2. The number of nitrogen functional groups attached to an aromatic ring is 1. The summed E-state index contributed by atoms with van der Waals surface area (Å²) in [6.07, 6.45) is -0.915. The summed E-state index contributed by atoms with van der Waals surface area (Å²) in [7, 11) is -4.50. The van der Waals surface area contributed by atoms with Crippen LogP contribution in [0, 0.1) is 11.8 Å². The maximum absolute atomic E-state index is 14.7. The molecule has 49 heavy (non-hydrogen) atoms. The van der Waals surface area contributed by atoms with Crippen molar-refractivity contribution in [1.82, 2.24) is 19.7 Å². The number of para-hydroxylation sites is 1. The van der Waals surface area contributed by atoms with E-state index in [1.807, 2.05) is 6.92 Å². The van der Waals surface area contributed by atoms with Crippen molar-refractivity contribution in [2.75, 3.05) is 12.3 Å². The highest BCUT2D eigenvalue weighted by Gasteiger charge is 2.91. The Morgan fingerprint density at radius 2 is 1.73 bits per heavy atom. The zero-order chi connectivity index (χ0) is 35.7. The third-order valence-corrected chi connectivity index (χ3v) is 10.2. The van der Waals surface area contributed by atoms with Gasteiger partial charge in [-0.05, 0) is 44.5 Å². The number of rotatable bonds is 15. The van der Waals surface area contributed by atoms with Gasteiger partial charge in [0.25, 0.3) is 0 Å². The van der Waals surface area contributed by atoms with Crippen molar-refractivity contribution in [1.29, 1.82) is 0 Å². The van der Waals surface area contributed by atoms with Crippen molar-refractivity contribution in [2.45, 2.75) is 96.9 Å². The average molecular weight is 702 g/mol. The molecule has 3 heterocycles. The topological polar surface area (TPSA) is 192 Å². The molecule has 15 nitrogen and oxygen atoms in total. The summed E-state index contributed by atoms with van der Waals surface area (Å²) >= 11 is 0. The van der Waals surface area contributed by atoms with Crippen molar-refractivity contribution in [3.63, 3.8) is 0 Å². The van der Waals surface area contributed by atoms with Gasteiger partial charge in [0, 0.05) is 0 Å². The smallest absolute Gasteiger partial charge is 0.459 e. The van der Waals surface area contributed by atoms with Crippen molar-refractivity contribution < 1.29 is 46.9 Å². The van der Waals surface area contributed by atoms with E-state index in [-0.39, 0.29) is 18.2 Å². The van der Waals surface area contributed by atoms with Crippen LogP contribution in [-0.4, -0.2) is 68.6 Å². The number of carbonyl (C=O) groups excluding carboxylic acids is 3. The number of ether oxygens (including phenoxy) is 4. The van der Waals surface area contributed by atoms with Gasteiger partial charge in [-0.15, -0.1) is 0 Å². The summed E-state index contributed by atoms with van der Waals surface area (Å²) in [6.45, 7) is 11.8. The fraction of sp³-hybridized carbons (Fsp3) is 0.545. The Bertz CT molecular complexity index is 1730. The Morgan fingerprint density at radius 3 is 2.39 bits per heavy atom. The highest BCUT2D eigenvalue weighted by Crippen LogP contribution is 2.71. The number of hydrogen-bond donors (Lipinski definition) is 2. The molecule has 16 heteroatoms. The number of nitrogens with two attached hydrogens (primary N) is 1. The van der Waals surface area contributed by atoms with Gasteiger partial charge in [-0.1, -0.05) is 59.2 Å². The van der Waals surface area contributed by atoms with Gasteiger partial charge >= 0.3 is 25.7 Å². The first-order valence-corrected chi connectivity index (χ1v) is 17.9. The summed E-state index contributed by atoms with van der Waals surface area (Å²) in [5.74, 6) is -2.70. The summed E-state index contributed by atoms with van der Waals surface area (Å²) in [6, 6.07) is 10.5.